The molecule has 0 aromatic carbocycles. The first-order chi connectivity index (χ1) is 7.86. The fraction of sp³-hybridized carbons (Fsp3) is 0.455. The molecule has 0 amide bonds. The van der Waals surface area contributed by atoms with E-state index in [0.717, 1.165) is 30.8 Å². The Bertz CT molecular complexity index is 462. The molecule has 0 radical (unpaired) electrons. The molecule has 2 heterocycles. The van der Waals surface area contributed by atoms with Gasteiger partial charge in [0.1, 0.15) is 5.69 Å². The van der Waals surface area contributed by atoms with Crippen LogP contribution in [0.25, 0.3) is 11.5 Å². The monoisotopic (exact) mass is 218 g/mol. The van der Waals surface area contributed by atoms with E-state index in [9.17, 15) is 5.11 Å². The summed E-state index contributed by atoms with van der Waals surface area (Å²) in [6.07, 6.45) is 9.79. The van der Waals surface area contributed by atoms with Gasteiger partial charge in [0.05, 0.1) is 24.7 Å². The highest BCUT2D eigenvalue weighted by molar-refractivity contribution is 5.48. The van der Waals surface area contributed by atoms with Gasteiger partial charge in [0.25, 0.3) is 0 Å². The van der Waals surface area contributed by atoms with Crippen LogP contribution in [-0.4, -0.2) is 30.7 Å². The van der Waals surface area contributed by atoms with E-state index in [0.29, 0.717) is 0 Å². The minimum atomic E-state index is -0.254. The predicted octanol–water partition coefficient (Wildman–Crippen LogP) is 1.36. The molecule has 0 spiro atoms. The van der Waals surface area contributed by atoms with E-state index in [1.165, 1.54) is 0 Å². The summed E-state index contributed by atoms with van der Waals surface area (Å²) in [4.78, 5) is 11.4. The van der Waals surface area contributed by atoms with Crippen molar-refractivity contribution < 1.29 is 5.11 Å². The minimum absolute atomic E-state index is 0.154. The molecule has 5 nitrogen and oxygen atoms in total. The molecule has 0 unspecified atom stereocenters. The zero-order chi connectivity index (χ0) is 11.0. The van der Waals surface area contributed by atoms with Crippen molar-refractivity contribution in [2.24, 2.45) is 0 Å². The smallest absolute Gasteiger partial charge is 0.158 e. The van der Waals surface area contributed by atoms with Gasteiger partial charge in [-0.3, -0.25) is 0 Å². The summed E-state index contributed by atoms with van der Waals surface area (Å²) in [5, 5.41) is 9.91. The first-order valence-electron chi connectivity index (χ1n) is 5.56. The summed E-state index contributed by atoms with van der Waals surface area (Å²) in [7, 11) is 0. The molecule has 2 aromatic rings. The Labute approximate surface area is 93.2 Å². The fourth-order valence-electron chi connectivity index (χ4n) is 2.41. The topological polar surface area (TPSA) is 66.7 Å². The standard InChI is InChI=1S/C11H14N4O/c16-10-3-1-2-9(10)15-5-4-13-11(15)8-6-12-7-14-8/h4-7,9-10,16H,1-3H2,(H,12,14)/t9-,10-/m0/s1. The van der Waals surface area contributed by atoms with Crippen LogP contribution in [0, 0.1) is 0 Å². The number of aliphatic hydroxyl groups excluding tert-OH is 1. The van der Waals surface area contributed by atoms with Gasteiger partial charge >= 0.3 is 0 Å². The van der Waals surface area contributed by atoms with E-state index in [4.69, 9.17) is 0 Å². The largest absolute Gasteiger partial charge is 0.391 e. The first-order valence-corrected chi connectivity index (χ1v) is 5.56. The van der Waals surface area contributed by atoms with Crippen LogP contribution in [0.3, 0.4) is 0 Å². The Morgan fingerprint density at radius 2 is 2.38 bits per heavy atom. The van der Waals surface area contributed by atoms with E-state index < -0.39 is 0 Å². The third-order valence-corrected chi connectivity index (χ3v) is 3.21. The summed E-state index contributed by atoms with van der Waals surface area (Å²) in [5.74, 6) is 0.850. The molecule has 1 aliphatic rings. The molecule has 16 heavy (non-hydrogen) atoms. The zero-order valence-electron chi connectivity index (χ0n) is 8.87. The van der Waals surface area contributed by atoms with Crippen LogP contribution in [0.2, 0.25) is 0 Å². The Morgan fingerprint density at radius 1 is 1.44 bits per heavy atom. The third-order valence-electron chi connectivity index (χ3n) is 3.21. The molecule has 0 saturated heterocycles. The van der Waals surface area contributed by atoms with Crippen LogP contribution in [0.1, 0.15) is 25.3 Å². The fourth-order valence-corrected chi connectivity index (χ4v) is 2.41. The van der Waals surface area contributed by atoms with E-state index in [-0.39, 0.29) is 12.1 Å². The van der Waals surface area contributed by atoms with Crippen molar-refractivity contribution >= 4 is 0 Å². The molecule has 0 bridgehead atoms. The number of aromatic nitrogens is 4. The first kappa shape index (κ1) is 9.59. The quantitative estimate of drug-likeness (QED) is 0.799. The van der Waals surface area contributed by atoms with Crippen molar-refractivity contribution in [1.82, 2.24) is 19.5 Å². The van der Waals surface area contributed by atoms with Gasteiger partial charge in [-0.1, -0.05) is 0 Å². The Hall–Kier alpha value is -1.62. The lowest BCUT2D eigenvalue weighted by Crippen LogP contribution is -2.18. The van der Waals surface area contributed by atoms with Crippen molar-refractivity contribution in [3.8, 4) is 11.5 Å². The van der Waals surface area contributed by atoms with Crippen molar-refractivity contribution in [2.75, 3.05) is 0 Å². The summed E-state index contributed by atoms with van der Waals surface area (Å²) in [6.45, 7) is 0. The summed E-state index contributed by atoms with van der Waals surface area (Å²) in [5.41, 5.74) is 0.893. The number of nitrogens with zero attached hydrogens (tertiary/aromatic N) is 3. The maximum Gasteiger partial charge on any atom is 0.158 e. The van der Waals surface area contributed by atoms with E-state index >= 15 is 0 Å². The van der Waals surface area contributed by atoms with Gasteiger partial charge < -0.3 is 14.7 Å². The van der Waals surface area contributed by atoms with Crippen LogP contribution in [0.4, 0.5) is 0 Å². The lowest BCUT2D eigenvalue weighted by Gasteiger charge is -2.18. The zero-order valence-corrected chi connectivity index (χ0v) is 8.87. The van der Waals surface area contributed by atoms with Crippen LogP contribution < -0.4 is 0 Å². The SMILES string of the molecule is O[C@H]1CCC[C@@H]1n1ccnc1-c1cnc[nH]1. The molecule has 2 N–H and O–H groups in total. The number of H-pyrrole nitrogens is 1. The van der Waals surface area contributed by atoms with Crippen LogP contribution in [0.5, 0.6) is 0 Å². The summed E-state index contributed by atoms with van der Waals surface area (Å²) in [6, 6.07) is 0.154. The second-order valence-electron chi connectivity index (χ2n) is 4.19. The minimum Gasteiger partial charge on any atom is -0.391 e. The Morgan fingerprint density at radius 3 is 3.06 bits per heavy atom. The van der Waals surface area contributed by atoms with Crippen LogP contribution >= 0.6 is 0 Å². The molecule has 5 heteroatoms. The molecule has 2 aromatic heterocycles. The van der Waals surface area contributed by atoms with E-state index in [1.807, 2.05) is 10.8 Å². The van der Waals surface area contributed by atoms with Gasteiger partial charge in [-0.15, -0.1) is 0 Å². The lowest BCUT2D eigenvalue weighted by molar-refractivity contribution is 0.137. The number of hydrogen-bond donors (Lipinski definition) is 2. The van der Waals surface area contributed by atoms with Gasteiger partial charge in [-0.2, -0.15) is 0 Å². The number of imidazole rings is 2. The van der Waals surface area contributed by atoms with Gasteiger partial charge in [-0.05, 0) is 19.3 Å². The summed E-state index contributed by atoms with van der Waals surface area (Å²) >= 11 is 0. The highest BCUT2D eigenvalue weighted by Crippen LogP contribution is 2.32. The maximum absolute atomic E-state index is 9.91. The van der Waals surface area contributed by atoms with Crippen molar-refractivity contribution in [3.63, 3.8) is 0 Å². The highest BCUT2D eigenvalue weighted by Gasteiger charge is 2.28. The average molecular weight is 218 g/mol. The normalized spacial score (nSPS) is 25.1. The predicted molar refractivity (Wildman–Crippen MR) is 58.7 cm³/mol. The molecule has 1 fully saturated rings. The number of aromatic amines is 1. The van der Waals surface area contributed by atoms with E-state index in [2.05, 4.69) is 15.0 Å². The summed E-state index contributed by atoms with van der Waals surface area (Å²) < 4.78 is 2.05. The van der Waals surface area contributed by atoms with E-state index in [1.54, 1.807) is 18.7 Å². The molecular formula is C11H14N4O. The average Bonchev–Trinajstić information content (AvgIpc) is 2.95. The molecule has 84 valence electrons. The van der Waals surface area contributed by atoms with Crippen molar-refractivity contribution in [1.29, 1.82) is 0 Å². The third kappa shape index (κ3) is 1.44. The lowest BCUT2D eigenvalue weighted by atomic mass is 10.2. The molecule has 3 rings (SSSR count). The number of hydrogen-bond acceptors (Lipinski definition) is 3. The van der Waals surface area contributed by atoms with Crippen LogP contribution in [-0.2, 0) is 0 Å². The molecule has 0 aliphatic heterocycles. The maximum atomic E-state index is 9.91. The molecular weight excluding hydrogens is 204 g/mol. The van der Waals surface area contributed by atoms with Crippen molar-refractivity contribution in [3.05, 3.63) is 24.9 Å². The number of aliphatic hydroxyl groups is 1. The Balaban J connectivity index is 1.99. The number of nitrogens with one attached hydrogen (secondary N) is 1. The second kappa shape index (κ2) is 3.75. The highest BCUT2D eigenvalue weighted by atomic mass is 16.3. The van der Waals surface area contributed by atoms with Gasteiger partial charge in [0.2, 0.25) is 0 Å². The Kier molecular flexibility index (Phi) is 2.25. The van der Waals surface area contributed by atoms with Gasteiger partial charge in [-0.25, -0.2) is 9.97 Å². The number of rotatable bonds is 2. The molecule has 1 aliphatic carbocycles. The van der Waals surface area contributed by atoms with Crippen LogP contribution in [0.15, 0.2) is 24.9 Å². The second-order valence-corrected chi connectivity index (χ2v) is 4.19. The van der Waals surface area contributed by atoms with Crippen molar-refractivity contribution in [2.45, 2.75) is 31.4 Å². The molecule has 1 saturated carbocycles. The molecule has 2 atom stereocenters. The van der Waals surface area contributed by atoms with Gasteiger partial charge in [0, 0.05) is 12.4 Å². The van der Waals surface area contributed by atoms with Gasteiger partial charge in [0.15, 0.2) is 5.82 Å².